The first-order valence-electron chi connectivity index (χ1n) is 4.59. The molecule has 1 aromatic carbocycles. The van der Waals surface area contributed by atoms with Crippen LogP contribution < -0.4 is 4.74 Å². The summed E-state index contributed by atoms with van der Waals surface area (Å²) in [6, 6.07) is 7.50. The second kappa shape index (κ2) is 4.65. The molecule has 16 heavy (non-hydrogen) atoms. The summed E-state index contributed by atoms with van der Waals surface area (Å²) >= 11 is 2.08. The molecule has 0 saturated carbocycles. The summed E-state index contributed by atoms with van der Waals surface area (Å²) in [6.45, 7) is 0. The van der Waals surface area contributed by atoms with Gasteiger partial charge in [0.25, 0.3) is 0 Å². The van der Waals surface area contributed by atoms with E-state index in [4.69, 9.17) is 4.74 Å². The second-order valence-electron chi connectivity index (χ2n) is 3.08. The van der Waals surface area contributed by atoms with E-state index in [9.17, 15) is 4.79 Å². The minimum absolute atomic E-state index is 0.508. The van der Waals surface area contributed by atoms with Crippen LogP contribution >= 0.6 is 22.6 Å². The van der Waals surface area contributed by atoms with Crippen LogP contribution in [-0.2, 0) is 0 Å². The number of carbonyl (C=O) groups excluding carboxylic acids is 1. The lowest BCUT2D eigenvalue weighted by Crippen LogP contribution is -2.03. The van der Waals surface area contributed by atoms with E-state index in [1.807, 2.05) is 24.3 Å². The van der Waals surface area contributed by atoms with Gasteiger partial charge in [0.1, 0.15) is 11.4 Å². The van der Waals surface area contributed by atoms with Gasteiger partial charge in [-0.3, -0.25) is 9.36 Å². The van der Waals surface area contributed by atoms with E-state index in [1.54, 1.807) is 17.9 Å². The number of hydrogen-bond acceptors (Lipinski definition) is 3. The molecule has 1 aromatic heterocycles. The van der Waals surface area contributed by atoms with Gasteiger partial charge in [0.2, 0.25) is 0 Å². The van der Waals surface area contributed by atoms with Crippen molar-refractivity contribution >= 4 is 28.9 Å². The maximum atomic E-state index is 10.9. The first-order chi connectivity index (χ1) is 7.77. The minimum Gasteiger partial charge on any atom is -0.495 e. The topological polar surface area (TPSA) is 44.1 Å². The zero-order valence-electron chi connectivity index (χ0n) is 8.55. The Kier molecular flexibility index (Phi) is 3.23. The number of benzene rings is 1. The second-order valence-corrected chi connectivity index (χ2v) is 4.04. The Labute approximate surface area is 106 Å². The molecular weight excluding hydrogens is 319 g/mol. The van der Waals surface area contributed by atoms with E-state index in [1.165, 1.54) is 0 Å². The van der Waals surface area contributed by atoms with Gasteiger partial charge in [-0.1, -0.05) is 12.1 Å². The summed E-state index contributed by atoms with van der Waals surface area (Å²) in [7, 11) is 1.60. The smallest absolute Gasteiger partial charge is 0.176 e. The number of aldehydes is 1. The van der Waals surface area contributed by atoms with Crippen molar-refractivity contribution in [3.05, 3.63) is 40.0 Å². The fourth-order valence-electron chi connectivity index (χ4n) is 1.48. The Morgan fingerprint density at radius 3 is 2.88 bits per heavy atom. The van der Waals surface area contributed by atoms with Gasteiger partial charge in [-0.05, 0) is 12.1 Å². The molecule has 0 aliphatic carbocycles. The van der Waals surface area contributed by atoms with Crippen molar-refractivity contribution in [1.82, 2.24) is 9.55 Å². The monoisotopic (exact) mass is 328 g/mol. The molecule has 0 amide bonds. The Bertz CT molecular complexity index is 522. The van der Waals surface area contributed by atoms with Crippen LogP contribution in [0.1, 0.15) is 10.5 Å². The summed E-state index contributed by atoms with van der Waals surface area (Å²) in [5, 5.41) is 0. The third-order valence-corrected chi connectivity index (χ3v) is 2.95. The van der Waals surface area contributed by atoms with Crippen molar-refractivity contribution in [2.75, 3.05) is 7.11 Å². The molecule has 0 atom stereocenters. The SMILES string of the molecule is COc1ccccc1-n1c(C=O)cnc1I. The molecule has 5 heteroatoms. The van der Waals surface area contributed by atoms with Crippen LogP contribution in [0.3, 0.4) is 0 Å². The number of halogens is 1. The zero-order valence-corrected chi connectivity index (χ0v) is 10.7. The first kappa shape index (κ1) is 11.1. The number of para-hydroxylation sites is 2. The van der Waals surface area contributed by atoms with E-state index < -0.39 is 0 Å². The summed E-state index contributed by atoms with van der Waals surface area (Å²) in [5.41, 5.74) is 1.32. The van der Waals surface area contributed by atoms with Gasteiger partial charge < -0.3 is 4.74 Å². The lowest BCUT2D eigenvalue weighted by molar-refractivity contribution is 0.111. The zero-order chi connectivity index (χ0) is 11.5. The van der Waals surface area contributed by atoms with Crippen LogP contribution in [0.15, 0.2) is 30.5 Å². The molecule has 0 N–H and O–H groups in total. The molecular formula is C11H9IN2O2. The highest BCUT2D eigenvalue weighted by molar-refractivity contribution is 14.1. The summed E-state index contributed by atoms with van der Waals surface area (Å²) in [4.78, 5) is 15.0. The lowest BCUT2D eigenvalue weighted by atomic mass is 10.3. The molecule has 0 saturated heterocycles. The molecule has 2 aromatic rings. The fourth-order valence-corrected chi connectivity index (χ4v) is 2.16. The predicted molar refractivity (Wildman–Crippen MR) is 68.2 cm³/mol. The molecule has 0 fully saturated rings. The summed E-state index contributed by atoms with van der Waals surface area (Å²) in [6.07, 6.45) is 2.32. The number of rotatable bonds is 3. The van der Waals surface area contributed by atoms with Gasteiger partial charge in [0, 0.05) is 22.6 Å². The third kappa shape index (κ3) is 1.82. The molecule has 82 valence electrons. The Hall–Kier alpha value is -1.37. The van der Waals surface area contributed by atoms with Crippen molar-refractivity contribution in [1.29, 1.82) is 0 Å². The highest BCUT2D eigenvalue weighted by atomic mass is 127. The number of carbonyl (C=O) groups is 1. The molecule has 0 bridgehead atoms. The third-order valence-electron chi connectivity index (χ3n) is 2.19. The molecule has 1 heterocycles. The van der Waals surface area contributed by atoms with Crippen molar-refractivity contribution in [2.45, 2.75) is 0 Å². The van der Waals surface area contributed by atoms with Crippen LogP contribution in [0.5, 0.6) is 5.75 Å². The van der Waals surface area contributed by atoms with Gasteiger partial charge in [0.15, 0.2) is 10.1 Å². The van der Waals surface area contributed by atoms with Crippen molar-refractivity contribution < 1.29 is 9.53 Å². The molecule has 0 aliphatic rings. The van der Waals surface area contributed by atoms with Crippen LogP contribution in [-0.4, -0.2) is 22.9 Å². The molecule has 4 nitrogen and oxygen atoms in total. The van der Waals surface area contributed by atoms with Crippen LogP contribution in [0.25, 0.3) is 5.69 Å². The number of methoxy groups -OCH3 is 1. The van der Waals surface area contributed by atoms with E-state index in [0.717, 1.165) is 15.8 Å². The van der Waals surface area contributed by atoms with Gasteiger partial charge in [-0.25, -0.2) is 4.98 Å². The minimum atomic E-state index is 0.508. The fraction of sp³-hybridized carbons (Fsp3) is 0.0909. The molecule has 0 radical (unpaired) electrons. The summed E-state index contributed by atoms with van der Waals surface area (Å²) in [5.74, 6) is 0.710. The highest BCUT2D eigenvalue weighted by Gasteiger charge is 2.12. The number of hydrogen-bond donors (Lipinski definition) is 0. The maximum absolute atomic E-state index is 10.9. The van der Waals surface area contributed by atoms with E-state index >= 15 is 0 Å². The molecule has 0 unspecified atom stereocenters. The Morgan fingerprint density at radius 1 is 1.44 bits per heavy atom. The maximum Gasteiger partial charge on any atom is 0.176 e. The summed E-state index contributed by atoms with van der Waals surface area (Å²) < 4.78 is 7.74. The number of nitrogens with zero attached hydrogens (tertiary/aromatic N) is 2. The van der Waals surface area contributed by atoms with Crippen molar-refractivity contribution in [3.8, 4) is 11.4 Å². The quantitative estimate of drug-likeness (QED) is 0.641. The number of ether oxygens (including phenoxy) is 1. The van der Waals surface area contributed by atoms with Gasteiger partial charge in [-0.2, -0.15) is 0 Å². The number of aromatic nitrogens is 2. The molecule has 0 aliphatic heterocycles. The van der Waals surface area contributed by atoms with Gasteiger partial charge in [0.05, 0.1) is 19.0 Å². The normalized spacial score (nSPS) is 10.1. The Morgan fingerprint density at radius 2 is 2.19 bits per heavy atom. The van der Waals surface area contributed by atoms with Crippen LogP contribution in [0, 0.1) is 3.83 Å². The van der Waals surface area contributed by atoms with Crippen molar-refractivity contribution in [2.24, 2.45) is 0 Å². The van der Waals surface area contributed by atoms with E-state index in [0.29, 0.717) is 11.4 Å². The van der Waals surface area contributed by atoms with Gasteiger partial charge in [-0.15, -0.1) is 0 Å². The first-order valence-corrected chi connectivity index (χ1v) is 5.67. The van der Waals surface area contributed by atoms with E-state index in [2.05, 4.69) is 27.6 Å². The largest absolute Gasteiger partial charge is 0.495 e. The highest BCUT2D eigenvalue weighted by Crippen LogP contribution is 2.25. The van der Waals surface area contributed by atoms with Crippen molar-refractivity contribution in [3.63, 3.8) is 0 Å². The standard InChI is InChI=1S/C11H9IN2O2/c1-16-10-5-3-2-4-9(10)14-8(7-15)6-13-11(14)12/h2-7H,1H3. The predicted octanol–water partition coefficient (Wildman–Crippen LogP) is 2.30. The molecule has 0 spiro atoms. The van der Waals surface area contributed by atoms with Crippen LogP contribution in [0.4, 0.5) is 0 Å². The number of imidazole rings is 1. The average Bonchev–Trinajstić information content (AvgIpc) is 2.70. The van der Waals surface area contributed by atoms with Crippen LogP contribution in [0.2, 0.25) is 0 Å². The lowest BCUT2D eigenvalue weighted by Gasteiger charge is -2.10. The van der Waals surface area contributed by atoms with Gasteiger partial charge >= 0.3 is 0 Å². The average molecular weight is 328 g/mol. The molecule has 2 rings (SSSR count). The Balaban J connectivity index is 2.66. The van der Waals surface area contributed by atoms with E-state index in [-0.39, 0.29) is 0 Å².